The molecule has 0 spiro atoms. The topological polar surface area (TPSA) is 166 Å². The number of esters is 4. The molecule has 0 bridgehead atoms. The van der Waals surface area contributed by atoms with Gasteiger partial charge in [-0.1, -0.05) is 0 Å². The van der Waals surface area contributed by atoms with Gasteiger partial charge in [-0.2, -0.15) is 0 Å². The van der Waals surface area contributed by atoms with Crippen molar-refractivity contribution in [1.82, 2.24) is 19.9 Å². The normalized spacial score (nSPS) is 12.4. The van der Waals surface area contributed by atoms with Gasteiger partial charge in [-0.3, -0.25) is 39.1 Å². The highest BCUT2D eigenvalue weighted by Gasteiger charge is 2.52. The fourth-order valence-electron chi connectivity index (χ4n) is 7.49. The van der Waals surface area contributed by atoms with E-state index in [-0.39, 0.29) is 26.4 Å². The zero-order valence-electron chi connectivity index (χ0n) is 43.7. The maximum atomic E-state index is 14.0. The minimum absolute atomic E-state index is 0.00258. The van der Waals surface area contributed by atoms with Crippen LogP contribution in [0.25, 0.3) is 44.5 Å². The van der Waals surface area contributed by atoms with E-state index in [0.717, 1.165) is 55.6 Å². The Bertz CT molecular complexity index is 2710. The van der Waals surface area contributed by atoms with Crippen LogP contribution in [-0.2, 0) is 56.1 Å². The number of nitrogens with zero attached hydrogens (tertiary/aromatic N) is 4. The molecule has 0 unspecified atom stereocenters. The van der Waals surface area contributed by atoms with Crippen molar-refractivity contribution >= 4 is 23.9 Å². The molecule has 4 heterocycles. The van der Waals surface area contributed by atoms with Gasteiger partial charge in [0.15, 0.2) is 0 Å². The van der Waals surface area contributed by atoms with E-state index in [4.69, 9.17) is 23.7 Å². The summed E-state index contributed by atoms with van der Waals surface area (Å²) in [6.45, 7) is 20.6. The van der Waals surface area contributed by atoms with E-state index in [1.807, 2.05) is 86.6 Å². The van der Waals surface area contributed by atoms with Gasteiger partial charge < -0.3 is 23.7 Å². The minimum atomic E-state index is -1.31. The Labute approximate surface area is 424 Å². The summed E-state index contributed by atoms with van der Waals surface area (Å²) in [5.74, 6) is -2.27. The first kappa shape index (κ1) is 54.2. The molecule has 4 aromatic heterocycles. The van der Waals surface area contributed by atoms with Crippen LogP contribution in [0.15, 0.2) is 135 Å². The van der Waals surface area contributed by atoms with Crippen molar-refractivity contribution in [3.8, 4) is 44.5 Å². The van der Waals surface area contributed by atoms with E-state index in [2.05, 4.69) is 32.1 Å². The number of hydrogen-bond donors (Lipinski definition) is 0. The molecule has 6 aromatic rings. The van der Waals surface area contributed by atoms with Crippen LogP contribution in [0, 0.1) is 21.7 Å². The molecule has 6 rings (SSSR count). The first-order valence-electron chi connectivity index (χ1n) is 24.1. The molecule has 13 heteroatoms. The number of aromatic nitrogens is 4. The summed E-state index contributed by atoms with van der Waals surface area (Å²) in [5, 5.41) is 0. The van der Waals surface area contributed by atoms with Crippen LogP contribution >= 0.6 is 0 Å². The first-order valence-corrected chi connectivity index (χ1v) is 24.1. The predicted octanol–water partition coefficient (Wildman–Crippen LogP) is 11.9. The van der Waals surface area contributed by atoms with Crippen LogP contribution in [0.1, 0.15) is 101 Å². The van der Waals surface area contributed by atoms with E-state index in [1.165, 1.54) is 0 Å². The van der Waals surface area contributed by atoms with Gasteiger partial charge in [-0.05, 0) is 224 Å². The van der Waals surface area contributed by atoms with Gasteiger partial charge in [-0.15, -0.1) is 0 Å². The molecule has 72 heavy (non-hydrogen) atoms. The number of carbonyl (C=O) groups excluding carboxylic acids is 4. The number of hydrogen-bond acceptors (Lipinski definition) is 13. The molecule has 0 aliphatic carbocycles. The van der Waals surface area contributed by atoms with Crippen molar-refractivity contribution in [2.75, 3.05) is 13.2 Å². The number of carbonyl (C=O) groups is 4. The molecule has 0 atom stereocenters. The zero-order chi connectivity index (χ0) is 52.5. The van der Waals surface area contributed by atoms with Gasteiger partial charge in [0.05, 0.1) is 40.5 Å². The maximum absolute atomic E-state index is 14.0. The van der Waals surface area contributed by atoms with Crippen molar-refractivity contribution in [2.24, 2.45) is 21.7 Å². The summed E-state index contributed by atoms with van der Waals surface area (Å²) in [7, 11) is 0. The maximum Gasteiger partial charge on any atom is 0.313 e. The lowest BCUT2D eigenvalue weighted by Gasteiger charge is -2.40. The smallest absolute Gasteiger partial charge is 0.313 e. The van der Waals surface area contributed by atoms with Crippen LogP contribution in [0.2, 0.25) is 0 Å². The quantitative estimate of drug-likeness (QED) is 0.0494. The van der Waals surface area contributed by atoms with Crippen LogP contribution in [0.3, 0.4) is 0 Å². The second-order valence-electron chi connectivity index (χ2n) is 21.5. The molecule has 0 amide bonds. The third kappa shape index (κ3) is 13.0. The van der Waals surface area contributed by atoms with Gasteiger partial charge in [0, 0.05) is 56.0 Å². The fraction of sp³-hybridized carbons (Fsp3) is 0.390. The third-order valence-electron chi connectivity index (χ3n) is 14.1. The molecular weight excluding hydrogens is 909 g/mol. The Morgan fingerprint density at radius 1 is 0.375 bits per heavy atom. The molecule has 13 nitrogen and oxygen atoms in total. The summed E-state index contributed by atoms with van der Waals surface area (Å²) in [5.41, 5.74) is 2.10. The summed E-state index contributed by atoms with van der Waals surface area (Å²) in [6.07, 6.45) is 14.1. The van der Waals surface area contributed by atoms with Crippen LogP contribution in [0.5, 0.6) is 0 Å². The first-order chi connectivity index (χ1) is 33.8. The lowest BCUT2D eigenvalue weighted by atomic mass is 9.68. The number of rotatable bonds is 21. The summed E-state index contributed by atoms with van der Waals surface area (Å²) in [4.78, 5) is 71.9. The Morgan fingerprint density at radius 2 is 0.667 bits per heavy atom. The molecule has 0 N–H and O–H groups in total. The van der Waals surface area contributed by atoms with Crippen molar-refractivity contribution in [3.05, 3.63) is 146 Å². The SMILES string of the molecule is CC(C)(CCOC(=O)C(C)(C)C(C)(C)C(=O)OCc1cc(-c2ccncc2)cc(-c2ccncc2)c1)OCC(C)(C)OC(=O)C(C)(C)C(C)(C)C(=O)OCc1cc(-c2ccncc2)cc(-c2ccncc2)c1. The van der Waals surface area contributed by atoms with Gasteiger partial charge >= 0.3 is 23.9 Å². The zero-order valence-corrected chi connectivity index (χ0v) is 43.7. The predicted molar refractivity (Wildman–Crippen MR) is 276 cm³/mol. The molecule has 0 saturated carbocycles. The molecule has 2 aromatic carbocycles. The molecular formula is C59H68N4O9. The molecule has 378 valence electrons. The average Bonchev–Trinajstić information content (AvgIpc) is 3.37. The number of pyridine rings is 4. The lowest BCUT2D eigenvalue weighted by molar-refractivity contribution is -0.192. The molecule has 0 aliphatic heterocycles. The largest absolute Gasteiger partial charge is 0.465 e. The van der Waals surface area contributed by atoms with Crippen molar-refractivity contribution in [3.63, 3.8) is 0 Å². The van der Waals surface area contributed by atoms with Crippen LogP contribution < -0.4 is 0 Å². The van der Waals surface area contributed by atoms with Crippen molar-refractivity contribution in [1.29, 1.82) is 0 Å². The van der Waals surface area contributed by atoms with Crippen LogP contribution in [-0.4, -0.2) is 68.2 Å². The number of ether oxygens (including phenoxy) is 5. The van der Waals surface area contributed by atoms with Gasteiger partial charge in [0.1, 0.15) is 18.8 Å². The average molecular weight is 977 g/mol. The minimum Gasteiger partial charge on any atom is -0.465 e. The second kappa shape index (κ2) is 22.1. The third-order valence-corrected chi connectivity index (χ3v) is 14.1. The van der Waals surface area contributed by atoms with E-state index >= 15 is 0 Å². The van der Waals surface area contributed by atoms with E-state index in [0.29, 0.717) is 6.42 Å². The van der Waals surface area contributed by atoms with Crippen LogP contribution in [0.4, 0.5) is 0 Å². The highest BCUT2D eigenvalue weighted by molar-refractivity contribution is 5.88. The molecule has 0 aliphatic rings. The van der Waals surface area contributed by atoms with Gasteiger partial charge in [0.2, 0.25) is 0 Å². The standard InChI is InChI=1S/C59H68N4O9/c1-54(2,21-30-68-50(64)56(5,6)57(7,8)51(65)69-37-40-31-46(42-13-22-60-23-14-42)35-47(32-40)43-15-24-61-25-16-43)71-39-55(3,4)72-53(67)59(11,12)58(9,10)52(66)70-38-41-33-48(44-17-26-62-27-18-44)36-49(34-41)45-19-28-63-29-20-45/h13-20,22-29,31-36H,21,30,37-39H2,1-12H3. The summed E-state index contributed by atoms with van der Waals surface area (Å²) in [6, 6.07) is 27.4. The van der Waals surface area contributed by atoms with E-state index in [1.54, 1.807) is 119 Å². The molecule has 0 fully saturated rings. The summed E-state index contributed by atoms with van der Waals surface area (Å²) < 4.78 is 30.0. The highest BCUT2D eigenvalue weighted by atomic mass is 16.6. The van der Waals surface area contributed by atoms with Gasteiger partial charge in [0.25, 0.3) is 0 Å². The fourth-order valence-corrected chi connectivity index (χ4v) is 7.49. The van der Waals surface area contributed by atoms with E-state index in [9.17, 15) is 19.2 Å². The second-order valence-corrected chi connectivity index (χ2v) is 21.5. The monoisotopic (exact) mass is 976 g/mol. The van der Waals surface area contributed by atoms with Crippen molar-refractivity contribution in [2.45, 2.75) is 114 Å². The summed E-state index contributed by atoms with van der Waals surface area (Å²) >= 11 is 0. The number of benzene rings is 2. The Hall–Kier alpha value is -7.12. The Kier molecular flexibility index (Phi) is 16.6. The van der Waals surface area contributed by atoms with Crippen molar-refractivity contribution < 1.29 is 42.9 Å². The van der Waals surface area contributed by atoms with E-state index < -0.39 is 56.7 Å². The van der Waals surface area contributed by atoms with Gasteiger partial charge in [-0.25, -0.2) is 0 Å². The molecule has 0 radical (unpaired) electrons. The molecule has 0 saturated heterocycles. The lowest BCUT2D eigenvalue weighted by Crippen LogP contribution is -2.49. The highest BCUT2D eigenvalue weighted by Crippen LogP contribution is 2.43. The Morgan fingerprint density at radius 3 is 0.986 bits per heavy atom. The Balaban J connectivity index is 1.00.